The molecular formula is C15H13NO3. The Labute approximate surface area is 110 Å². The van der Waals surface area contributed by atoms with Gasteiger partial charge in [-0.2, -0.15) is 0 Å². The van der Waals surface area contributed by atoms with Crippen molar-refractivity contribution in [3.63, 3.8) is 0 Å². The van der Waals surface area contributed by atoms with Crippen LogP contribution in [0.5, 0.6) is 0 Å². The molecule has 4 heteroatoms. The lowest BCUT2D eigenvalue weighted by molar-refractivity contribution is -0.729. The molecule has 2 unspecified atom stereocenters. The van der Waals surface area contributed by atoms with E-state index < -0.39 is 5.97 Å². The Bertz CT molecular complexity index is 628. The van der Waals surface area contributed by atoms with Crippen molar-refractivity contribution in [3.05, 3.63) is 64.5 Å². The number of rotatable bonds is 2. The van der Waals surface area contributed by atoms with Crippen molar-refractivity contribution >= 4 is 17.7 Å². The first-order valence-electron chi connectivity index (χ1n) is 6.13. The zero-order valence-corrected chi connectivity index (χ0v) is 10.2. The molecule has 0 spiro atoms. The normalized spacial score (nSPS) is 24.1. The fourth-order valence-corrected chi connectivity index (χ4v) is 2.59. The number of allylic oxidation sites excluding steroid dienone is 4. The van der Waals surface area contributed by atoms with Gasteiger partial charge in [0.15, 0.2) is 0 Å². The third-order valence-corrected chi connectivity index (χ3v) is 3.47. The van der Waals surface area contributed by atoms with E-state index in [1.54, 1.807) is 18.2 Å². The van der Waals surface area contributed by atoms with Crippen molar-refractivity contribution in [2.75, 3.05) is 0 Å². The van der Waals surface area contributed by atoms with Crippen LogP contribution in [0.2, 0.25) is 0 Å². The van der Waals surface area contributed by atoms with E-state index in [4.69, 9.17) is 5.11 Å². The largest absolute Gasteiger partial charge is 0.623 e. The van der Waals surface area contributed by atoms with E-state index in [1.165, 1.54) is 0 Å². The van der Waals surface area contributed by atoms with Crippen molar-refractivity contribution < 1.29 is 15.0 Å². The van der Waals surface area contributed by atoms with Gasteiger partial charge in [-0.05, 0) is 18.2 Å². The Morgan fingerprint density at radius 1 is 1.37 bits per heavy atom. The average Bonchev–Trinajstić information content (AvgIpc) is 2.40. The Kier molecular flexibility index (Phi) is 2.81. The first-order chi connectivity index (χ1) is 9.16. The molecule has 0 saturated heterocycles. The first-order valence-corrected chi connectivity index (χ1v) is 6.13. The standard InChI is InChI=1S/C15H13NO3/c17-15(18)9-10-5-3-7-14-12(10)8-11-4-1-2-6-13(11)16(14)19/h1-8,10,16H,9H2,(H,17,18). The van der Waals surface area contributed by atoms with Crippen molar-refractivity contribution in [1.82, 2.24) is 0 Å². The van der Waals surface area contributed by atoms with E-state index in [-0.39, 0.29) is 17.4 Å². The molecule has 0 fully saturated rings. The quantitative estimate of drug-likeness (QED) is 0.790. The Morgan fingerprint density at radius 3 is 2.95 bits per heavy atom. The zero-order valence-electron chi connectivity index (χ0n) is 10.2. The number of fused-ring (bicyclic) bond motifs is 2. The zero-order chi connectivity index (χ0) is 13.4. The average molecular weight is 255 g/mol. The molecule has 4 nitrogen and oxygen atoms in total. The van der Waals surface area contributed by atoms with Crippen molar-refractivity contribution in [3.8, 4) is 0 Å². The fraction of sp³-hybridized carbons (Fsp3) is 0.133. The van der Waals surface area contributed by atoms with Crippen LogP contribution in [0.15, 0.2) is 53.8 Å². The highest BCUT2D eigenvalue weighted by Gasteiger charge is 2.30. The summed E-state index contributed by atoms with van der Waals surface area (Å²) < 4.78 is 0. The van der Waals surface area contributed by atoms with Gasteiger partial charge in [-0.3, -0.25) is 4.79 Å². The number of carboxylic acids is 1. The third-order valence-electron chi connectivity index (χ3n) is 3.47. The summed E-state index contributed by atoms with van der Waals surface area (Å²) in [6, 6.07) is 7.40. The van der Waals surface area contributed by atoms with Crippen LogP contribution in [0, 0.1) is 11.1 Å². The van der Waals surface area contributed by atoms with Crippen molar-refractivity contribution in [2.24, 2.45) is 5.92 Å². The molecule has 1 aliphatic heterocycles. The Balaban J connectivity index is 2.08. The molecule has 0 amide bonds. The number of hydrogen-bond acceptors (Lipinski definition) is 2. The molecule has 2 atom stereocenters. The van der Waals surface area contributed by atoms with E-state index in [2.05, 4.69) is 0 Å². The van der Waals surface area contributed by atoms with Gasteiger partial charge >= 0.3 is 5.97 Å². The van der Waals surface area contributed by atoms with Crippen LogP contribution in [0.1, 0.15) is 12.0 Å². The number of para-hydroxylation sites is 1. The van der Waals surface area contributed by atoms with Gasteiger partial charge in [0.25, 0.3) is 0 Å². The third kappa shape index (κ3) is 2.01. The first kappa shape index (κ1) is 11.9. The lowest BCUT2D eigenvalue weighted by atomic mass is 9.85. The second-order valence-corrected chi connectivity index (χ2v) is 4.69. The van der Waals surface area contributed by atoms with Gasteiger partial charge in [0.2, 0.25) is 0 Å². The molecule has 0 saturated carbocycles. The van der Waals surface area contributed by atoms with Crippen LogP contribution in [0.3, 0.4) is 0 Å². The molecule has 0 radical (unpaired) electrons. The van der Waals surface area contributed by atoms with Gasteiger partial charge in [-0.1, -0.05) is 24.3 Å². The molecule has 1 aromatic rings. The summed E-state index contributed by atoms with van der Waals surface area (Å²) in [4.78, 5) is 10.9. The molecule has 2 N–H and O–H groups in total. The minimum atomic E-state index is -0.858. The minimum absolute atomic E-state index is 0.00905. The molecule has 3 rings (SSSR count). The van der Waals surface area contributed by atoms with E-state index in [1.807, 2.05) is 30.4 Å². The number of hydroxylamine groups is 1. The maximum atomic E-state index is 12.4. The molecule has 19 heavy (non-hydrogen) atoms. The fourth-order valence-electron chi connectivity index (χ4n) is 2.59. The molecule has 1 aromatic carbocycles. The smallest absolute Gasteiger partial charge is 0.304 e. The van der Waals surface area contributed by atoms with E-state index in [9.17, 15) is 10.0 Å². The van der Waals surface area contributed by atoms with Crippen LogP contribution in [0.25, 0.3) is 6.08 Å². The van der Waals surface area contributed by atoms with Crippen LogP contribution in [-0.2, 0) is 4.79 Å². The van der Waals surface area contributed by atoms with Gasteiger partial charge < -0.3 is 15.4 Å². The predicted molar refractivity (Wildman–Crippen MR) is 71.4 cm³/mol. The number of nitrogens with one attached hydrogen (secondary N) is 1. The summed E-state index contributed by atoms with van der Waals surface area (Å²) >= 11 is 0. The maximum Gasteiger partial charge on any atom is 0.304 e. The summed E-state index contributed by atoms with van der Waals surface area (Å²) in [5.41, 5.74) is 2.98. The van der Waals surface area contributed by atoms with Gasteiger partial charge in [-0.15, -0.1) is 0 Å². The van der Waals surface area contributed by atoms with Crippen LogP contribution < -0.4 is 5.06 Å². The highest BCUT2D eigenvalue weighted by Crippen LogP contribution is 2.32. The molecule has 1 heterocycles. The summed E-state index contributed by atoms with van der Waals surface area (Å²) in [5.74, 6) is -1.09. The van der Waals surface area contributed by atoms with Crippen molar-refractivity contribution in [2.45, 2.75) is 6.42 Å². The topological polar surface area (TPSA) is 64.8 Å². The second kappa shape index (κ2) is 4.50. The molecule has 0 bridgehead atoms. The molecule has 1 aliphatic carbocycles. The summed E-state index contributed by atoms with van der Waals surface area (Å²) in [7, 11) is 0. The predicted octanol–water partition coefficient (Wildman–Crippen LogP) is 1.64. The number of aliphatic carboxylic acids is 1. The van der Waals surface area contributed by atoms with Gasteiger partial charge in [0.05, 0.1) is 6.42 Å². The maximum absolute atomic E-state index is 12.4. The molecule has 96 valence electrons. The van der Waals surface area contributed by atoms with E-state index in [0.717, 1.165) is 11.1 Å². The second-order valence-electron chi connectivity index (χ2n) is 4.69. The van der Waals surface area contributed by atoms with Crippen LogP contribution >= 0.6 is 0 Å². The Morgan fingerprint density at radius 2 is 2.16 bits per heavy atom. The van der Waals surface area contributed by atoms with Crippen LogP contribution in [-0.4, -0.2) is 11.1 Å². The van der Waals surface area contributed by atoms with Gasteiger partial charge in [0, 0.05) is 23.1 Å². The summed E-state index contributed by atoms with van der Waals surface area (Å²) in [6.45, 7) is 0. The monoisotopic (exact) mass is 255 g/mol. The molecular weight excluding hydrogens is 242 g/mol. The summed E-state index contributed by atoms with van der Waals surface area (Å²) in [6.07, 6.45) is 7.31. The highest BCUT2D eigenvalue weighted by atomic mass is 16.5. The molecule has 2 aliphatic rings. The van der Waals surface area contributed by atoms with Crippen molar-refractivity contribution in [1.29, 1.82) is 0 Å². The lowest BCUT2D eigenvalue weighted by Crippen LogP contribution is -3.01. The SMILES string of the molecule is O=C(O)CC1C=CC=C2C1=Cc1ccccc1[NH+]2[O-]. The number of carbonyl (C=O) groups is 1. The van der Waals surface area contributed by atoms with Crippen LogP contribution in [0.4, 0.5) is 5.69 Å². The highest BCUT2D eigenvalue weighted by molar-refractivity contribution is 5.73. The van der Waals surface area contributed by atoms with E-state index in [0.29, 0.717) is 11.4 Å². The number of carboxylic acid groups (broad SMARTS) is 1. The number of hydrogen-bond donors (Lipinski definition) is 2. The van der Waals surface area contributed by atoms with E-state index >= 15 is 0 Å². The minimum Gasteiger partial charge on any atom is -0.623 e. The lowest BCUT2D eigenvalue weighted by Gasteiger charge is -2.33. The number of quaternary nitrogens is 1. The Hall–Kier alpha value is -2.17. The molecule has 0 aromatic heterocycles. The summed E-state index contributed by atoms with van der Waals surface area (Å²) in [5, 5.41) is 21.3. The van der Waals surface area contributed by atoms with Gasteiger partial charge in [-0.25, -0.2) is 0 Å². The number of benzene rings is 1. The van der Waals surface area contributed by atoms with Gasteiger partial charge in [0.1, 0.15) is 11.4 Å².